The molecule has 20 heavy (non-hydrogen) atoms. The Kier molecular flexibility index (Phi) is 6.13. The van der Waals surface area contributed by atoms with Crippen molar-refractivity contribution in [1.29, 1.82) is 0 Å². The highest BCUT2D eigenvalue weighted by molar-refractivity contribution is 9.10. The molecular weight excluding hydrogens is 322 g/mol. The van der Waals surface area contributed by atoms with Gasteiger partial charge in [-0.15, -0.1) is 0 Å². The van der Waals surface area contributed by atoms with E-state index in [0.29, 0.717) is 6.61 Å². The second kappa shape index (κ2) is 7.86. The SMILES string of the molecule is COc1ccc(CCOCCNC2CC2)c(OC)c1Br. The molecule has 0 aromatic heterocycles. The molecule has 1 aromatic carbocycles. The summed E-state index contributed by atoms with van der Waals surface area (Å²) in [5.41, 5.74) is 1.12. The van der Waals surface area contributed by atoms with Crippen LogP contribution in [-0.2, 0) is 11.2 Å². The fourth-order valence-electron chi connectivity index (χ4n) is 2.06. The van der Waals surface area contributed by atoms with Crippen molar-refractivity contribution in [2.24, 2.45) is 0 Å². The van der Waals surface area contributed by atoms with E-state index >= 15 is 0 Å². The van der Waals surface area contributed by atoms with Gasteiger partial charge in [0.25, 0.3) is 0 Å². The second-order valence-corrected chi connectivity index (χ2v) is 5.66. The van der Waals surface area contributed by atoms with Crippen LogP contribution in [0.2, 0.25) is 0 Å². The van der Waals surface area contributed by atoms with Crippen molar-refractivity contribution in [3.63, 3.8) is 0 Å². The van der Waals surface area contributed by atoms with Crippen LogP contribution < -0.4 is 14.8 Å². The van der Waals surface area contributed by atoms with Gasteiger partial charge in [-0.1, -0.05) is 6.07 Å². The van der Waals surface area contributed by atoms with E-state index < -0.39 is 0 Å². The highest BCUT2D eigenvalue weighted by Gasteiger charge is 2.19. The number of hydrogen-bond donors (Lipinski definition) is 1. The number of nitrogens with one attached hydrogen (secondary N) is 1. The van der Waals surface area contributed by atoms with Crippen LogP contribution in [0.5, 0.6) is 11.5 Å². The fourth-order valence-corrected chi connectivity index (χ4v) is 2.77. The van der Waals surface area contributed by atoms with Crippen LogP contribution in [0.4, 0.5) is 0 Å². The number of rotatable bonds is 9. The zero-order chi connectivity index (χ0) is 14.4. The monoisotopic (exact) mass is 343 g/mol. The Bertz CT molecular complexity index is 435. The van der Waals surface area contributed by atoms with Crippen molar-refractivity contribution in [3.8, 4) is 11.5 Å². The van der Waals surface area contributed by atoms with Crippen molar-refractivity contribution < 1.29 is 14.2 Å². The van der Waals surface area contributed by atoms with Crippen LogP contribution in [0.1, 0.15) is 18.4 Å². The van der Waals surface area contributed by atoms with Gasteiger partial charge in [0.05, 0.1) is 27.4 Å². The molecule has 2 rings (SSSR count). The van der Waals surface area contributed by atoms with E-state index in [0.717, 1.165) is 47.1 Å². The number of methoxy groups -OCH3 is 2. The summed E-state index contributed by atoms with van der Waals surface area (Å²) >= 11 is 3.51. The minimum atomic E-state index is 0.696. The number of hydrogen-bond acceptors (Lipinski definition) is 4. The van der Waals surface area contributed by atoms with Crippen molar-refractivity contribution in [2.45, 2.75) is 25.3 Å². The molecule has 0 aliphatic heterocycles. The second-order valence-electron chi connectivity index (χ2n) is 4.86. The van der Waals surface area contributed by atoms with Crippen LogP contribution in [0.25, 0.3) is 0 Å². The summed E-state index contributed by atoms with van der Waals surface area (Å²) in [6.45, 7) is 2.39. The third kappa shape index (κ3) is 4.36. The Morgan fingerprint density at radius 3 is 2.65 bits per heavy atom. The molecule has 1 N–H and O–H groups in total. The molecule has 0 atom stereocenters. The number of halogens is 1. The Hall–Kier alpha value is -0.780. The van der Waals surface area contributed by atoms with Gasteiger partial charge >= 0.3 is 0 Å². The Balaban J connectivity index is 1.77. The lowest BCUT2D eigenvalue weighted by Crippen LogP contribution is -2.22. The van der Waals surface area contributed by atoms with Crippen LogP contribution in [-0.4, -0.2) is 40.0 Å². The summed E-state index contributed by atoms with van der Waals surface area (Å²) in [5, 5.41) is 3.43. The number of benzene rings is 1. The first-order chi connectivity index (χ1) is 9.76. The lowest BCUT2D eigenvalue weighted by Gasteiger charge is -2.13. The van der Waals surface area contributed by atoms with E-state index in [1.54, 1.807) is 14.2 Å². The maximum Gasteiger partial charge on any atom is 0.140 e. The first kappa shape index (κ1) is 15.6. The summed E-state index contributed by atoms with van der Waals surface area (Å²) in [6, 6.07) is 4.71. The van der Waals surface area contributed by atoms with Crippen molar-refractivity contribution in [1.82, 2.24) is 5.32 Å². The largest absolute Gasteiger partial charge is 0.495 e. The standard InChI is InChI=1S/C15H22BrNO3/c1-18-13-6-3-11(15(19-2)14(13)16)7-9-20-10-8-17-12-4-5-12/h3,6,12,17H,4-5,7-10H2,1-2H3. The molecule has 112 valence electrons. The molecule has 0 unspecified atom stereocenters. The molecule has 0 heterocycles. The van der Waals surface area contributed by atoms with Crippen LogP contribution in [0, 0.1) is 0 Å². The molecule has 1 saturated carbocycles. The zero-order valence-corrected chi connectivity index (χ0v) is 13.7. The highest BCUT2D eigenvalue weighted by Crippen LogP contribution is 2.37. The van der Waals surface area contributed by atoms with Gasteiger partial charge in [-0.05, 0) is 46.8 Å². The van der Waals surface area contributed by atoms with Gasteiger partial charge in [-0.25, -0.2) is 0 Å². The van der Waals surface area contributed by atoms with Gasteiger partial charge in [-0.2, -0.15) is 0 Å². The average molecular weight is 344 g/mol. The van der Waals surface area contributed by atoms with Crippen molar-refractivity contribution in [3.05, 3.63) is 22.2 Å². The van der Waals surface area contributed by atoms with Gasteiger partial charge in [0.15, 0.2) is 0 Å². The molecule has 4 nitrogen and oxygen atoms in total. The predicted molar refractivity (Wildman–Crippen MR) is 82.8 cm³/mol. The molecule has 5 heteroatoms. The van der Waals surface area contributed by atoms with Gasteiger partial charge < -0.3 is 19.5 Å². The first-order valence-electron chi connectivity index (χ1n) is 6.96. The van der Waals surface area contributed by atoms with Crippen LogP contribution >= 0.6 is 15.9 Å². The molecule has 1 aliphatic carbocycles. The molecule has 0 bridgehead atoms. The van der Waals surface area contributed by atoms with E-state index in [1.165, 1.54) is 12.8 Å². The summed E-state index contributed by atoms with van der Waals surface area (Å²) in [6.07, 6.45) is 3.46. The fraction of sp³-hybridized carbons (Fsp3) is 0.600. The summed E-state index contributed by atoms with van der Waals surface area (Å²) in [4.78, 5) is 0. The highest BCUT2D eigenvalue weighted by atomic mass is 79.9. The van der Waals surface area contributed by atoms with E-state index in [4.69, 9.17) is 14.2 Å². The molecule has 0 spiro atoms. The molecule has 1 aliphatic rings. The third-order valence-electron chi connectivity index (χ3n) is 3.34. The molecule has 0 radical (unpaired) electrons. The van der Waals surface area contributed by atoms with Gasteiger partial charge in [0.1, 0.15) is 16.0 Å². The van der Waals surface area contributed by atoms with Crippen molar-refractivity contribution in [2.75, 3.05) is 34.0 Å². The van der Waals surface area contributed by atoms with Crippen LogP contribution in [0.15, 0.2) is 16.6 Å². The quantitative estimate of drug-likeness (QED) is 0.700. The average Bonchev–Trinajstić information content (AvgIpc) is 3.27. The maximum atomic E-state index is 5.65. The first-order valence-corrected chi connectivity index (χ1v) is 7.76. The Morgan fingerprint density at radius 1 is 1.20 bits per heavy atom. The minimum absolute atomic E-state index is 0.696. The molecule has 1 fully saturated rings. The lowest BCUT2D eigenvalue weighted by atomic mass is 10.1. The third-order valence-corrected chi connectivity index (χ3v) is 4.09. The summed E-state index contributed by atoms with van der Waals surface area (Å²) < 4.78 is 17.2. The summed E-state index contributed by atoms with van der Waals surface area (Å²) in [7, 11) is 3.32. The zero-order valence-electron chi connectivity index (χ0n) is 12.1. The molecule has 0 amide bonds. The van der Waals surface area contributed by atoms with E-state index in [-0.39, 0.29) is 0 Å². The molecular formula is C15H22BrNO3. The van der Waals surface area contributed by atoms with Gasteiger partial charge in [0.2, 0.25) is 0 Å². The van der Waals surface area contributed by atoms with Crippen LogP contribution in [0.3, 0.4) is 0 Å². The van der Waals surface area contributed by atoms with E-state index in [2.05, 4.69) is 21.2 Å². The van der Waals surface area contributed by atoms with E-state index in [9.17, 15) is 0 Å². The summed E-state index contributed by atoms with van der Waals surface area (Å²) in [5.74, 6) is 1.60. The lowest BCUT2D eigenvalue weighted by molar-refractivity contribution is 0.138. The van der Waals surface area contributed by atoms with E-state index in [1.807, 2.05) is 12.1 Å². The molecule has 1 aromatic rings. The van der Waals surface area contributed by atoms with Gasteiger partial charge in [-0.3, -0.25) is 0 Å². The maximum absolute atomic E-state index is 5.65. The smallest absolute Gasteiger partial charge is 0.140 e. The van der Waals surface area contributed by atoms with Gasteiger partial charge in [0, 0.05) is 12.6 Å². The Labute approximate surface area is 128 Å². The molecule has 0 saturated heterocycles. The van der Waals surface area contributed by atoms with Crippen molar-refractivity contribution >= 4 is 15.9 Å². The Morgan fingerprint density at radius 2 is 2.00 bits per heavy atom. The predicted octanol–water partition coefficient (Wildman–Crippen LogP) is 2.78. The normalized spacial score (nSPS) is 14.3. The topological polar surface area (TPSA) is 39.7 Å². The number of ether oxygens (including phenoxy) is 3. The minimum Gasteiger partial charge on any atom is -0.495 e.